The van der Waals surface area contributed by atoms with Crippen molar-refractivity contribution in [2.75, 3.05) is 13.7 Å². The van der Waals surface area contributed by atoms with Gasteiger partial charge in [0.2, 0.25) is 10.0 Å². The van der Waals surface area contributed by atoms with Crippen LogP contribution in [-0.2, 0) is 16.6 Å². The maximum atomic E-state index is 12.2. The molecule has 1 fully saturated rings. The Kier molecular flexibility index (Phi) is 5.01. The van der Waals surface area contributed by atoms with E-state index >= 15 is 0 Å². The van der Waals surface area contributed by atoms with Gasteiger partial charge in [0.15, 0.2) is 0 Å². The largest absolute Gasteiger partial charge is 0.495 e. The summed E-state index contributed by atoms with van der Waals surface area (Å²) in [7, 11) is -2.00. The minimum absolute atomic E-state index is 0.198. The van der Waals surface area contributed by atoms with Gasteiger partial charge in [-0.15, -0.1) is 0 Å². The van der Waals surface area contributed by atoms with Gasteiger partial charge in [-0.05, 0) is 37.0 Å². The lowest BCUT2D eigenvalue weighted by Crippen LogP contribution is -2.25. The molecule has 0 amide bonds. The minimum atomic E-state index is -3.50. The van der Waals surface area contributed by atoms with Crippen LogP contribution in [0.4, 0.5) is 0 Å². The van der Waals surface area contributed by atoms with E-state index in [1.165, 1.54) is 20.0 Å². The van der Waals surface area contributed by atoms with Gasteiger partial charge in [0.25, 0.3) is 0 Å². The zero-order chi connectivity index (χ0) is 14.6. The minimum Gasteiger partial charge on any atom is -0.495 e. The Labute approximate surface area is 120 Å². The fourth-order valence-electron chi connectivity index (χ4n) is 1.91. The van der Waals surface area contributed by atoms with E-state index < -0.39 is 10.0 Å². The number of rotatable bonds is 8. The van der Waals surface area contributed by atoms with E-state index in [2.05, 4.69) is 10.0 Å². The van der Waals surface area contributed by atoms with Crippen molar-refractivity contribution in [1.82, 2.24) is 10.0 Å². The highest BCUT2D eigenvalue weighted by Crippen LogP contribution is 2.26. The molecule has 0 atom stereocenters. The summed E-state index contributed by atoms with van der Waals surface area (Å²) in [6, 6.07) is 5.85. The molecule has 5 nitrogen and oxygen atoms in total. The molecule has 20 heavy (non-hydrogen) atoms. The fraction of sp³-hybridized carbons (Fsp3) is 0.571. The molecule has 0 heterocycles. The van der Waals surface area contributed by atoms with E-state index in [4.69, 9.17) is 4.74 Å². The molecule has 0 bridgehead atoms. The first-order chi connectivity index (χ1) is 9.56. The maximum Gasteiger partial charge on any atom is 0.244 e. The summed E-state index contributed by atoms with van der Waals surface area (Å²) >= 11 is 0. The molecule has 1 aromatic carbocycles. The Morgan fingerprint density at radius 3 is 2.70 bits per heavy atom. The van der Waals surface area contributed by atoms with Gasteiger partial charge >= 0.3 is 0 Å². The molecule has 2 N–H and O–H groups in total. The monoisotopic (exact) mass is 298 g/mol. The molecular formula is C14H22N2O3S. The number of nitrogens with one attached hydrogen (secondary N) is 2. The van der Waals surface area contributed by atoms with Crippen molar-refractivity contribution in [3.05, 3.63) is 23.8 Å². The van der Waals surface area contributed by atoms with Gasteiger partial charge in [-0.25, -0.2) is 13.1 Å². The topological polar surface area (TPSA) is 67.4 Å². The van der Waals surface area contributed by atoms with Crippen LogP contribution in [-0.4, -0.2) is 28.1 Å². The van der Waals surface area contributed by atoms with Crippen LogP contribution in [0.3, 0.4) is 0 Å². The van der Waals surface area contributed by atoms with E-state index in [0.717, 1.165) is 18.5 Å². The number of benzene rings is 1. The highest BCUT2D eigenvalue weighted by molar-refractivity contribution is 7.89. The number of sulfonamides is 1. The van der Waals surface area contributed by atoms with Crippen LogP contribution >= 0.6 is 0 Å². The lowest BCUT2D eigenvalue weighted by molar-refractivity contribution is 0.401. The Morgan fingerprint density at radius 1 is 1.35 bits per heavy atom. The van der Waals surface area contributed by atoms with Crippen LogP contribution in [0.25, 0.3) is 0 Å². The molecule has 0 radical (unpaired) electrons. The summed E-state index contributed by atoms with van der Waals surface area (Å²) < 4.78 is 32.1. The van der Waals surface area contributed by atoms with E-state index in [9.17, 15) is 8.42 Å². The molecule has 0 aliphatic heterocycles. The predicted octanol–water partition coefficient (Wildman–Crippen LogP) is 1.64. The molecule has 0 saturated heterocycles. The third-order valence-electron chi connectivity index (χ3n) is 3.23. The molecule has 1 aliphatic rings. The maximum absolute atomic E-state index is 12.2. The quantitative estimate of drug-likeness (QED) is 0.765. The zero-order valence-electron chi connectivity index (χ0n) is 12.0. The van der Waals surface area contributed by atoms with E-state index in [1.54, 1.807) is 12.1 Å². The molecule has 0 spiro atoms. The summed E-state index contributed by atoms with van der Waals surface area (Å²) in [6.45, 7) is 3.09. The molecule has 1 aliphatic carbocycles. The second-order valence-electron chi connectivity index (χ2n) is 5.04. The van der Waals surface area contributed by atoms with Crippen molar-refractivity contribution in [2.45, 2.75) is 43.7 Å². The lowest BCUT2D eigenvalue weighted by Gasteiger charge is -2.12. The second-order valence-corrected chi connectivity index (χ2v) is 6.77. The highest BCUT2D eigenvalue weighted by atomic mass is 32.2. The van der Waals surface area contributed by atoms with Gasteiger partial charge in [-0.3, -0.25) is 0 Å². The fourth-order valence-corrected chi connectivity index (χ4v) is 3.19. The van der Waals surface area contributed by atoms with Gasteiger partial charge in [0.1, 0.15) is 10.6 Å². The van der Waals surface area contributed by atoms with Gasteiger partial charge < -0.3 is 10.1 Å². The van der Waals surface area contributed by atoms with Crippen molar-refractivity contribution in [3.63, 3.8) is 0 Å². The Hall–Kier alpha value is -1.11. The van der Waals surface area contributed by atoms with Gasteiger partial charge in [0.05, 0.1) is 7.11 Å². The van der Waals surface area contributed by atoms with Gasteiger partial charge in [-0.1, -0.05) is 13.0 Å². The standard InChI is InChI=1S/C14H22N2O3S/c1-3-8-16-20(17,18)14-7-4-11(9-13(14)19-2)10-15-12-5-6-12/h4,7,9,12,15-16H,3,5-6,8,10H2,1-2H3. The first-order valence-corrected chi connectivity index (χ1v) is 8.45. The average Bonchev–Trinajstić information content (AvgIpc) is 3.26. The number of hydrogen-bond donors (Lipinski definition) is 2. The van der Waals surface area contributed by atoms with Crippen molar-refractivity contribution in [1.29, 1.82) is 0 Å². The van der Waals surface area contributed by atoms with E-state index in [0.29, 0.717) is 18.3 Å². The number of ether oxygens (including phenoxy) is 1. The first kappa shape index (κ1) is 15.3. The van der Waals surface area contributed by atoms with Crippen LogP contribution in [0.2, 0.25) is 0 Å². The molecule has 112 valence electrons. The smallest absolute Gasteiger partial charge is 0.244 e. The number of methoxy groups -OCH3 is 1. The predicted molar refractivity (Wildman–Crippen MR) is 78.3 cm³/mol. The first-order valence-electron chi connectivity index (χ1n) is 6.96. The normalized spacial score (nSPS) is 15.3. The lowest BCUT2D eigenvalue weighted by atomic mass is 10.2. The third-order valence-corrected chi connectivity index (χ3v) is 4.73. The van der Waals surface area contributed by atoms with Crippen molar-refractivity contribution >= 4 is 10.0 Å². The van der Waals surface area contributed by atoms with Gasteiger partial charge in [0, 0.05) is 19.1 Å². The summed E-state index contributed by atoms with van der Waals surface area (Å²) in [5, 5.41) is 3.40. The summed E-state index contributed by atoms with van der Waals surface area (Å²) in [5.74, 6) is 0.392. The molecule has 2 rings (SSSR count). The van der Waals surface area contributed by atoms with Crippen molar-refractivity contribution in [3.8, 4) is 5.75 Å². The van der Waals surface area contributed by atoms with E-state index in [1.807, 2.05) is 13.0 Å². The SMILES string of the molecule is CCCNS(=O)(=O)c1ccc(CNC2CC2)cc1OC. The number of hydrogen-bond acceptors (Lipinski definition) is 4. The molecule has 0 aromatic heterocycles. The highest BCUT2D eigenvalue weighted by Gasteiger charge is 2.21. The van der Waals surface area contributed by atoms with Crippen LogP contribution in [0, 0.1) is 0 Å². The van der Waals surface area contributed by atoms with Crippen LogP contribution in [0.1, 0.15) is 31.7 Å². The third kappa shape index (κ3) is 3.94. The average molecular weight is 298 g/mol. The summed E-state index contributed by atoms with van der Waals surface area (Å²) in [6.07, 6.45) is 3.21. The van der Waals surface area contributed by atoms with Crippen LogP contribution in [0.5, 0.6) is 5.75 Å². The van der Waals surface area contributed by atoms with Crippen molar-refractivity contribution in [2.24, 2.45) is 0 Å². The molecule has 1 saturated carbocycles. The Morgan fingerprint density at radius 2 is 2.10 bits per heavy atom. The zero-order valence-corrected chi connectivity index (χ0v) is 12.8. The second kappa shape index (κ2) is 6.56. The van der Waals surface area contributed by atoms with E-state index in [-0.39, 0.29) is 4.90 Å². The summed E-state index contributed by atoms with van der Waals surface area (Å²) in [5.41, 5.74) is 1.03. The van der Waals surface area contributed by atoms with Crippen LogP contribution < -0.4 is 14.8 Å². The molecule has 0 unspecified atom stereocenters. The summed E-state index contributed by atoms with van der Waals surface area (Å²) in [4.78, 5) is 0.198. The van der Waals surface area contributed by atoms with Crippen molar-refractivity contribution < 1.29 is 13.2 Å². The Bertz CT molecular complexity index is 554. The van der Waals surface area contributed by atoms with Crippen LogP contribution in [0.15, 0.2) is 23.1 Å². The Balaban J connectivity index is 2.15. The molecular weight excluding hydrogens is 276 g/mol. The molecule has 6 heteroatoms. The molecule has 1 aromatic rings. The van der Waals surface area contributed by atoms with Gasteiger partial charge in [-0.2, -0.15) is 0 Å².